The minimum absolute atomic E-state index is 0.0123. The molecule has 2 unspecified atom stereocenters. The number of aliphatic hydroxyl groups excluding tert-OH is 2. The maximum atomic E-state index is 11.6. The van der Waals surface area contributed by atoms with Crippen LogP contribution in [-0.4, -0.2) is 59.4 Å². The predicted molar refractivity (Wildman–Crippen MR) is 56.4 cm³/mol. The highest BCUT2D eigenvalue weighted by atomic mass is 16.3. The molecule has 1 aliphatic heterocycles. The van der Waals surface area contributed by atoms with Gasteiger partial charge in [-0.1, -0.05) is 0 Å². The quantitative estimate of drug-likeness (QED) is 0.548. The van der Waals surface area contributed by atoms with Crippen molar-refractivity contribution in [2.75, 3.05) is 26.2 Å². The van der Waals surface area contributed by atoms with Gasteiger partial charge >= 0.3 is 0 Å². The van der Waals surface area contributed by atoms with Crippen LogP contribution < -0.4 is 5.32 Å². The molecule has 0 aromatic carbocycles. The second kappa shape index (κ2) is 6.05. The molecule has 88 valence electrons. The van der Waals surface area contributed by atoms with E-state index in [4.69, 9.17) is 10.2 Å². The van der Waals surface area contributed by atoms with Gasteiger partial charge in [-0.3, -0.25) is 4.79 Å². The molecule has 2 atom stereocenters. The van der Waals surface area contributed by atoms with E-state index in [1.165, 1.54) is 0 Å². The van der Waals surface area contributed by atoms with E-state index in [0.29, 0.717) is 13.1 Å². The van der Waals surface area contributed by atoms with Crippen LogP contribution >= 0.6 is 0 Å². The molecule has 1 aliphatic rings. The summed E-state index contributed by atoms with van der Waals surface area (Å²) in [5.41, 5.74) is 0. The van der Waals surface area contributed by atoms with E-state index in [0.717, 1.165) is 13.0 Å². The first kappa shape index (κ1) is 12.4. The van der Waals surface area contributed by atoms with Crippen molar-refractivity contribution in [2.24, 2.45) is 0 Å². The molecule has 5 nitrogen and oxygen atoms in total. The fraction of sp³-hybridized carbons (Fsp3) is 0.900. The lowest BCUT2D eigenvalue weighted by molar-refractivity contribution is -0.132. The van der Waals surface area contributed by atoms with Crippen LogP contribution in [0.15, 0.2) is 0 Å². The monoisotopic (exact) mass is 216 g/mol. The Morgan fingerprint density at radius 2 is 2.40 bits per heavy atom. The molecule has 0 spiro atoms. The van der Waals surface area contributed by atoms with Gasteiger partial charge in [0.2, 0.25) is 5.91 Å². The third-order valence-electron chi connectivity index (χ3n) is 2.56. The average molecular weight is 216 g/mol. The zero-order chi connectivity index (χ0) is 11.3. The van der Waals surface area contributed by atoms with Crippen LogP contribution in [0.5, 0.6) is 0 Å². The van der Waals surface area contributed by atoms with Gasteiger partial charge in [0.05, 0.1) is 19.1 Å². The fourth-order valence-electron chi connectivity index (χ4n) is 1.80. The Labute approximate surface area is 90.1 Å². The summed E-state index contributed by atoms with van der Waals surface area (Å²) in [5.74, 6) is 0.0123. The summed E-state index contributed by atoms with van der Waals surface area (Å²) >= 11 is 0. The summed E-state index contributed by atoms with van der Waals surface area (Å²) in [6.45, 7) is 3.75. The average Bonchev–Trinajstić information content (AvgIpc) is 2.62. The van der Waals surface area contributed by atoms with Gasteiger partial charge in [0.25, 0.3) is 0 Å². The molecule has 3 N–H and O–H groups in total. The molecule has 0 saturated carbocycles. The number of amides is 1. The van der Waals surface area contributed by atoms with Crippen molar-refractivity contribution in [2.45, 2.75) is 31.9 Å². The maximum Gasteiger partial charge on any atom is 0.225 e. The van der Waals surface area contributed by atoms with Crippen molar-refractivity contribution in [3.8, 4) is 0 Å². The topological polar surface area (TPSA) is 72.8 Å². The van der Waals surface area contributed by atoms with Crippen LogP contribution in [-0.2, 0) is 4.79 Å². The first-order chi connectivity index (χ1) is 7.13. The van der Waals surface area contributed by atoms with Crippen molar-refractivity contribution in [3.63, 3.8) is 0 Å². The molecule has 1 saturated heterocycles. The summed E-state index contributed by atoms with van der Waals surface area (Å²) in [7, 11) is 0. The predicted octanol–water partition coefficient (Wildman–Crippen LogP) is -1.06. The van der Waals surface area contributed by atoms with Gasteiger partial charge in [0, 0.05) is 25.7 Å². The third kappa shape index (κ3) is 4.15. The molecule has 15 heavy (non-hydrogen) atoms. The molecule has 0 bridgehead atoms. The first-order valence-corrected chi connectivity index (χ1v) is 5.43. The number of carbonyl (C=O) groups is 1. The van der Waals surface area contributed by atoms with Crippen molar-refractivity contribution in [1.29, 1.82) is 0 Å². The second-order valence-corrected chi connectivity index (χ2v) is 4.06. The van der Waals surface area contributed by atoms with Crippen molar-refractivity contribution >= 4 is 5.91 Å². The molecule has 5 heteroatoms. The molecule has 1 fully saturated rings. The zero-order valence-electron chi connectivity index (χ0n) is 9.15. The summed E-state index contributed by atoms with van der Waals surface area (Å²) in [4.78, 5) is 13.3. The number of rotatable bonds is 5. The van der Waals surface area contributed by atoms with Gasteiger partial charge in [-0.25, -0.2) is 0 Å². The molecule has 0 aromatic rings. The van der Waals surface area contributed by atoms with Crippen molar-refractivity contribution in [3.05, 3.63) is 0 Å². The van der Waals surface area contributed by atoms with Crippen LogP contribution in [0.4, 0.5) is 0 Å². The first-order valence-electron chi connectivity index (χ1n) is 5.43. The Hall–Kier alpha value is -0.650. The van der Waals surface area contributed by atoms with E-state index in [-0.39, 0.29) is 25.0 Å². The Kier molecular flexibility index (Phi) is 5.01. The molecule has 1 rings (SSSR count). The Bertz CT molecular complexity index is 209. The number of nitrogens with zero attached hydrogens (tertiary/aromatic N) is 1. The summed E-state index contributed by atoms with van der Waals surface area (Å²) in [5, 5.41) is 20.9. The lowest BCUT2D eigenvalue weighted by atomic mass is 10.2. The van der Waals surface area contributed by atoms with E-state index >= 15 is 0 Å². The van der Waals surface area contributed by atoms with E-state index in [1.54, 1.807) is 11.8 Å². The summed E-state index contributed by atoms with van der Waals surface area (Å²) in [6.07, 6.45) is 0.556. The molecular weight excluding hydrogens is 196 g/mol. The molecular formula is C10H20N2O3. The van der Waals surface area contributed by atoms with Gasteiger partial charge in [-0.05, 0) is 13.3 Å². The number of nitrogens with one attached hydrogen (secondary N) is 1. The molecule has 0 aromatic heterocycles. The number of hydrogen-bond donors (Lipinski definition) is 3. The largest absolute Gasteiger partial charge is 0.395 e. The van der Waals surface area contributed by atoms with Crippen LogP contribution in [0.2, 0.25) is 0 Å². The Morgan fingerprint density at radius 1 is 1.67 bits per heavy atom. The molecule has 0 aliphatic carbocycles. The minimum Gasteiger partial charge on any atom is -0.395 e. The summed E-state index contributed by atoms with van der Waals surface area (Å²) in [6, 6.07) is 0.287. The van der Waals surface area contributed by atoms with Crippen LogP contribution in [0.25, 0.3) is 0 Å². The SMILES string of the molecule is CC(O)CC(=O)N1CCC(NCCO)C1. The van der Waals surface area contributed by atoms with Gasteiger partial charge in [0.15, 0.2) is 0 Å². The van der Waals surface area contributed by atoms with Crippen LogP contribution in [0.1, 0.15) is 19.8 Å². The number of likely N-dealkylation sites (tertiary alicyclic amines) is 1. The Balaban J connectivity index is 2.26. The van der Waals surface area contributed by atoms with Gasteiger partial charge in [-0.15, -0.1) is 0 Å². The number of carbonyl (C=O) groups excluding carboxylic acids is 1. The second-order valence-electron chi connectivity index (χ2n) is 4.06. The standard InChI is InChI=1S/C10H20N2O3/c1-8(14)6-10(15)12-4-2-9(7-12)11-3-5-13/h8-9,11,13-14H,2-7H2,1H3. The highest BCUT2D eigenvalue weighted by Gasteiger charge is 2.25. The third-order valence-corrected chi connectivity index (χ3v) is 2.56. The van der Waals surface area contributed by atoms with Gasteiger partial charge in [-0.2, -0.15) is 0 Å². The molecule has 0 radical (unpaired) electrons. The van der Waals surface area contributed by atoms with Crippen LogP contribution in [0, 0.1) is 0 Å². The maximum absolute atomic E-state index is 11.6. The lowest BCUT2D eigenvalue weighted by Crippen LogP contribution is -2.37. The van der Waals surface area contributed by atoms with E-state index in [1.807, 2.05) is 0 Å². The fourth-order valence-corrected chi connectivity index (χ4v) is 1.80. The Morgan fingerprint density at radius 3 is 3.00 bits per heavy atom. The van der Waals surface area contributed by atoms with Gasteiger partial charge < -0.3 is 20.4 Å². The lowest BCUT2D eigenvalue weighted by Gasteiger charge is -2.17. The summed E-state index contributed by atoms with van der Waals surface area (Å²) < 4.78 is 0. The molecule has 1 amide bonds. The zero-order valence-corrected chi connectivity index (χ0v) is 9.15. The van der Waals surface area contributed by atoms with Gasteiger partial charge in [0.1, 0.15) is 0 Å². The van der Waals surface area contributed by atoms with Crippen molar-refractivity contribution < 1.29 is 15.0 Å². The normalized spacial score (nSPS) is 23.1. The highest BCUT2D eigenvalue weighted by molar-refractivity contribution is 5.77. The number of hydrogen-bond acceptors (Lipinski definition) is 4. The molecule has 1 heterocycles. The van der Waals surface area contributed by atoms with Crippen LogP contribution in [0.3, 0.4) is 0 Å². The van der Waals surface area contributed by atoms with E-state index in [2.05, 4.69) is 5.32 Å². The minimum atomic E-state index is -0.568. The van der Waals surface area contributed by atoms with E-state index in [9.17, 15) is 4.79 Å². The number of aliphatic hydroxyl groups is 2. The smallest absolute Gasteiger partial charge is 0.225 e. The highest BCUT2D eigenvalue weighted by Crippen LogP contribution is 2.11. The van der Waals surface area contributed by atoms with E-state index < -0.39 is 6.10 Å². The van der Waals surface area contributed by atoms with Crippen molar-refractivity contribution in [1.82, 2.24) is 10.2 Å².